The van der Waals surface area contributed by atoms with Crippen molar-refractivity contribution in [3.8, 4) is 0 Å². The van der Waals surface area contributed by atoms with E-state index < -0.39 is 60.9 Å². The molecule has 5 unspecified atom stereocenters. The molecular weight excluding hydrogens is 518 g/mol. The van der Waals surface area contributed by atoms with Gasteiger partial charge in [-0.05, 0) is 41.0 Å². The summed E-state index contributed by atoms with van der Waals surface area (Å²) >= 11 is 0. The Morgan fingerprint density at radius 1 is 0.853 bits per heavy atom. The molecule has 34 heavy (non-hydrogen) atoms. The summed E-state index contributed by atoms with van der Waals surface area (Å²) in [5.41, 5.74) is -2.64. The van der Waals surface area contributed by atoms with Gasteiger partial charge in [-0.2, -0.15) is 57.1 Å². The predicted molar refractivity (Wildman–Crippen MR) is 82.8 cm³/mol. The summed E-state index contributed by atoms with van der Waals surface area (Å²) in [5, 5.41) is 0. The highest BCUT2D eigenvalue weighted by Crippen LogP contribution is 2.66. The number of rotatable bonds is 4. The second-order valence-corrected chi connectivity index (χ2v) is 8.16. The molecule has 0 aromatic carbocycles. The van der Waals surface area contributed by atoms with Crippen molar-refractivity contribution in [1.82, 2.24) is 0 Å². The van der Waals surface area contributed by atoms with Crippen LogP contribution in [0.4, 0.5) is 61.6 Å². The van der Waals surface area contributed by atoms with E-state index in [4.69, 9.17) is 0 Å². The summed E-state index contributed by atoms with van der Waals surface area (Å²) in [6, 6.07) is 0. The number of halogens is 14. The summed E-state index contributed by atoms with van der Waals surface area (Å²) in [5.74, 6) is -9.18. The van der Waals surface area contributed by atoms with Crippen LogP contribution in [-0.2, 0) is 14.5 Å². The third-order valence-electron chi connectivity index (χ3n) is 6.31. The third kappa shape index (κ3) is 5.64. The van der Waals surface area contributed by atoms with Crippen molar-refractivity contribution < 1.29 is 76.1 Å². The quantitative estimate of drug-likeness (QED) is 0.286. The molecule has 2 aliphatic carbocycles. The summed E-state index contributed by atoms with van der Waals surface area (Å²) in [7, 11) is 0. The van der Waals surface area contributed by atoms with Crippen LogP contribution in [0.2, 0.25) is 0 Å². The van der Waals surface area contributed by atoms with Gasteiger partial charge in [0.1, 0.15) is 0 Å². The molecule has 17 heteroatoms. The van der Waals surface area contributed by atoms with Crippen LogP contribution in [0.3, 0.4) is 0 Å². The number of fused-ring (bicyclic) bond motifs is 2. The van der Waals surface area contributed by atoms with E-state index in [2.05, 4.69) is 4.74 Å². The van der Waals surface area contributed by atoms with Crippen LogP contribution in [0.15, 0.2) is 0 Å². The van der Waals surface area contributed by atoms with E-state index in [0.29, 0.717) is 0 Å². The van der Waals surface area contributed by atoms with E-state index in [0.717, 1.165) is 0 Å². The van der Waals surface area contributed by atoms with E-state index in [1.165, 1.54) is 4.94 Å². The average Bonchev–Trinajstić information content (AvgIpc) is 3.16. The molecule has 2 fully saturated rings. The zero-order chi connectivity index (χ0) is 27.1. The fourth-order valence-corrected chi connectivity index (χ4v) is 4.35. The first-order valence-corrected chi connectivity index (χ1v) is 9.39. The molecule has 202 valence electrons. The molecule has 0 aromatic heterocycles. The lowest BCUT2D eigenvalue weighted by atomic mass is 9.65. The summed E-state index contributed by atoms with van der Waals surface area (Å²) in [6.45, 7) is 2.45. The van der Waals surface area contributed by atoms with Gasteiger partial charge >= 0.3 is 36.5 Å². The number of carbonyl (C=O) groups excluding carboxylic acids is 1. The highest BCUT2D eigenvalue weighted by molar-refractivity contribution is 5.79. The van der Waals surface area contributed by atoms with Crippen LogP contribution in [0.5, 0.6) is 0 Å². The molecule has 0 saturated heterocycles. The predicted octanol–water partition coefficient (Wildman–Crippen LogP) is 7.02. The Labute approximate surface area is 182 Å². The van der Waals surface area contributed by atoms with Gasteiger partial charge in [-0.3, -0.25) is 4.79 Å². The van der Waals surface area contributed by atoms with Crippen LogP contribution in [-0.4, -0.2) is 43.1 Å². The molecule has 2 rings (SSSR count). The summed E-state index contributed by atoms with van der Waals surface area (Å²) < 4.78 is 171. The molecule has 0 radical (unpaired) electrons. The molecule has 5 atom stereocenters. The van der Waals surface area contributed by atoms with Crippen molar-refractivity contribution in [2.45, 2.75) is 63.7 Å². The van der Waals surface area contributed by atoms with Crippen molar-refractivity contribution in [3.63, 3.8) is 0 Å². The van der Waals surface area contributed by atoms with Crippen molar-refractivity contribution in [2.24, 2.45) is 29.1 Å². The maximum Gasteiger partial charge on any atom is 0.461 e. The molecule has 0 amide bonds. The largest absolute Gasteiger partial charge is 0.465 e. The fourth-order valence-electron chi connectivity index (χ4n) is 4.35. The lowest BCUT2D eigenvalue weighted by Crippen LogP contribution is -2.53. The van der Waals surface area contributed by atoms with Crippen molar-refractivity contribution >= 4 is 5.97 Å². The van der Waals surface area contributed by atoms with Gasteiger partial charge in [-0.25, -0.2) is 0 Å². The zero-order valence-electron chi connectivity index (χ0n) is 17.2. The van der Waals surface area contributed by atoms with Crippen LogP contribution in [0.1, 0.15) is 33.1 Å². The first kappa shape index (κ1) is 30.5. The Hall–Kier alpha value is -1.55. The third-order valence-corrected chi connectivity index (χ3v) is 6.31. The van der Waals surface area contributed by atoms with Crippen molar-refractivity contribution in [2.75, 3.05) is 6.61 Å². The molecule has 2 saturated carbocycles. The van der Waals surface area contributed by atoms with Gasteiger partial charge in [-0.1, -0.05) is 13.8 Å². The van der Waals surface area contributed by atoms with E-state index >= 15 is 0 Å². The molecule has 0 aromatic rings. The summed E-state index contributed by atoms with van der Waals surface area (Å²) in [4.78, 5) is 13.3. The fraction of sp³-hybridized carbons (Fsp3) is 0.941. The molecule has 3 nitrogen and oxygen atoms in total. The molecule has 0 aliphatic heterocycles. The Balaban J connectivity index is 0.000000411. The standard InChI is InChI=1S/C14H18F6O2.C3F8O/c1-7-8(2)10-5-9(7)6-12(10,14(18,19)20)11(21)22-4-3-13(15,16)17;4-1(12-11,2(5,6)7)3(8,9)10/h7-10H,3-6H2,1-2H3;. The number of hydrogen-bond acceptors (Lipinski definition) is 3. The molecule has 2 bridgehead atoms. The molecule has 0 N–H and O–H groups in total. The molecule has 0 spiro atoms. The minimum absolute atomic E-state index is 0.0726. The van der Waals surface area contributed by atoms with E-state index in [-0.39, 0.29) is 30.6 Å². The van der Waals surface area contributed by atoms with Gasteiger partial charge in [0.05, 0.1) is 13.0 Å². The average molecular weight is 536 g/mol. The van der Waals surface area contributed by atoms with Gasteiger partial charge in [0.2, 0.25) is 0 Å². The minimum atomic E-state index is -6.50. The first-order chi connectivity index (χ1) is 15.0. The van der Waals surface area contributed by atoms with Crippen LogP contribution in [0.25, 0.3) is 0 Å². The Morgan fingerprint density at radius 2 is 1.32 bits per heavy atom. The number of esters is 1. The lowest BCUT2D eigenvalue weighted by Gasteiger charge is -2.41. The SMILES string of the molecule is CC1C2CC(C1C)C(C(=O)OCCC(F)(F)F)(C(F)(F)F)C2.FOC(F)(C(F)(F)F)C(F)(F)F. The van der Waals surface area contributed by atoms with Crippen LogP contribution in [0, 0.1) is 29.1 Å². The van der Waals surface area contributed by atoms with E-state index in [1.807, 2.05) is 6.92 Å². The van der Waals surface area contributed by atoms with Crippen LogP contribution >= 0.6 is 0 Å². The topological polar surface area (TPSA) is 35.5 Å². The Kier molecular flexibility index (Phi) is 8.50. The number of ether oxygens (including phenoxy) is 1. The van der Waals surface area contributed by atoms with Crippen molar-refractivity contribution in [1.29, 1.82) is 0 Å². The highest BCUT2D eigenvalue weighted by atomic mass is 19.4. The van der Waals surface area contributed by atoms with E-state index in [1.54, 1.807) is 6.92 Å². The normalized spacial score (nSPS) is 30.1. The molecular formula is C17H18F14O3. The molecule has 0 heterocycles. The van der Waals surface area contributed by atoms with E-state index in [9.17, 15) is 66.4 Å². The van der Waals surface area contributed by atoms with Gasteiger partial charge < -0.3 is 4.74 Å². The maximum absolute atomic E-state index is 13.6. The second kappa shape index (κ2) is 9.48. The Bertz CT molecular complexity index is 694. The minimum Gasteiger partial charge on any atom is -0.465 e. The number of hydrogen-bond donors (Lipinski definition) is 0. The maximum atomic E-state index is 13.6. The monoisotopic (exact) mass is 536 g/mol. The number of alkyl halides is 13. The highest BCUT2D eigenvalue weighted by Gasteiger charge is 2.76. The summed E-state index contributed by atoms with van der Waals surface area (Å²) in [6.07, 6.45) is -23.9. The van der Waals surface area contributed by atoms with Gasteiger partial charge in [0.25, 0.3) is 0 Å². The smallest absolute Gasteiger partial charge is 0.461 e. The van der Waals surface area contributed by atoms with Gasteiger partial charge in [-0.15, -0.1) is 4.94 Å². The van der Waals surface area contributed by atoms with Gasteiger partial charge in [0.15, 0.2) is 5.41 Å². The van der Waals surface area contributed by atoms with Crippen LogP contribution < -0.4 is 0 Å². The lowest BCUT2D eigenvalue weighted by molar-refractivity contribution is -0.479. The second-order valence-electron chi connectivity index (χ2n) is 8.16. The zero-order valence-corrected chi connectivity index (χ0v) is 17.2. The van der Waals surface area contributed by atoms with Crippen molar-refractivity contribution in [3.05, 3.63) is 0 Å². The Morgan fingerprint density at radius 3 is 1.59 bits per heavy atom. The van der Waals surface area contributed by atoms with Gasteiger partial charge in [0, 0.05) is 0 Å². The first-order valence-electron chi connectivity index (χ1n) is 9.39. The number of carbonyl (C=O) groups is 1. The molecule has 2 aliphatic rings.